The molecular formula is C17H25NO5. The van der Waals surface area contributed by atoms with E-state index in [1.54, 1.807) is 0 Å². The van der Waals surface area contributed by atoms with Crippen molar-refractivity contribution in [3.8, 4) is 0 Å². The van der Waals surface area contributed by atoms with Gasteiger partial charge in [-0.1, -0.05) is 12.5 Å². The molecular weight excluding hydrogens is 298 g/mol. The van der Waals surface area contributed by atoms with Crippen molar-refractivity contribution in [2.24, 2.45) is 0 Å². The van der Waals surface area contributed by atoms with E-state index in [0.717, 1.165) is 37.8 Å². The minimum atomic E-state index is -0.488. The van der Waals surface area contributed by atoms with Gasteiger partial charge in [0.2, 0.25) is 0 Å². The maximum absolute atomic E-state index is 12.4. The standard InChI is InChI=1S/C17H25NO5/c1-21-16(19)13-7-5-3-4-6-8-14(15(13)17(20)22-2)18-9-11-23-12-10-18/h7H,3-6,8-12H2,1-2H3/b13-7+,15-14-. The number of esters is 2. The highest BCUT2D eigenvalue weighted by Crippen LogP contribution is 2.28. The quantitative estimate of drug-likeness (QED) is 0.738. The summed E-state index contributed by atoms with van der Waals surface area (Å²) in [6, 6.07) is 0. The number of allylic oxidation sites excluding steroid dienone is 2. The number of nitrogens with zero attached hydrogens (tertiary/aromatic N) is 1. The van der Waals surface area contributed by atoms with Crippen LogP contribution in [0.25, 0.3) is 0 Å². The van der Waals surface area contributed by atoms with Crippen LogP contribution in [0.3, 0.4) is 0 Å². The second-order valence-electron chi connectivity index (χ2n) is 5.62. The summed E-state index contributed by atoms with van der Waals surface area (Å²) in [5.74, 6) is -0.969. The molecule has 0 aromatic heterocycles. The summed E-state index contributed by atoms with van der Waals surface area (Å²) in [6.07, 6.45) is 6.35. The first kappa shape index (κ1) is 17.5. The molecule has 2 rings (SSSR count). The van der Waals surface area contributed by atoms with Gasteiger partial charge in [0.1, 0.15) is 0 Å². The van der Waals surface area contributed by atoms with Crippen molar-refractivity contribution in [1.82, 2.24) is 4.90 Å². The third-order valence-corrected chi connectivity index (χ3v) is 4.21. The Kier molecular flexibility index (Phi) is 6.65. The molecule has 1 aliphatic carbocycles. The van der Waals surface area contributed by atoms with Gasteiger partial charge in [0.25, 0.3) is 0 Å². The minimum Gasteiger partial charge on any atom is -0.465 e. The monoisotopic (exact) mass is 323 g/mol. The maximum atomic E-state index is 12.4. The van der Waals surface area contributed by atoms with Gasteiger partial charge < -0.3 is 19.1 Å². The van der Waals surface area contributed by atoms with Crippen LogP contribution in [0.4, 0.5) is 0 Å². The number of carbonyl (C=O) groups is 2. The van der Waals surface area contributed by atoms with Crippen molar-refractivity contribution >= 4 is 11.9 Å². The van der Waals surface area contributed by atoms with Crippen LogP contribution in [0, 0.1) is 0 Å². The summed E-state index contributed by atoms with van der Waals surface area (Å²) in [6.45, 7) is 2.67. The number of rotatable bonds is 3. The Morgan fingerprint density at radius 2 is 1.74 bits per heavy atom. The van der Waals surface area contributed by atoms with E-state index < -0.39 is 11.9 Å². The van der Waals surface area contributed by atoms with Crippen molar-refractivity contribution in [3.63, 3.8) is 0 Å². The largest absolute Gasteiger partial charge is 0.465 e. The Hall–Kier alpha value is -1.82. The lowest BCUT2D eigenvalue weighted by molar-refractivity contribution is -0.139. The van der Waals surface area contributed by atoms with Gasteiger partial charge in [-0.25, -0.2) is 9.59 Å². The first-order chi connectivity index (χ1) is 11.2. The molecule has 23 heavy (non-hydrogen) atoms. The summed E-state index contributed by atoms with van der Waals surface area (Å²) in [4.78, 5) is 26.8. The second kappa shape index (κ2) is 8.72. The molecule has 1 fully saturated rings. The van der Waals surface area contributed by atoms with Gasteiger partial charge in [0.15, 0.2) is 0 Å². The molecule has 0 atom stereocenters. The van der Waals surface area contributed by atoms with Crippen LogP contribution < -0.4 is 0 Å². The van der Waals surface area contributed by atoms with E-state index in [1.807, 2.05) is 6.08 Å². The van der Waals surface area contributed by atoms with Crippen LogP contribution >= 0.6 is 0 Å². The SMILES string of the molecule is COC(=O)C1=C(\N2CCOCC2)CCCCC/C=C\1C(=O)OC. The van der Waals surface area contributed by atoms with Crippen molar-refractivity contribution in [2.75, 3.05) is 40.5 Å². The number of hydrogen-bond donors (Lipinski definition) is 0. The molecule has 0 aromatic rings. The highest BCUT2D eigenvalue weighted by Gasteiger charge is 2.29. The van der Waals surface area contributed by atoms with E-state index >= 15 is 0 Å². The smallest absolute Gasteiger partial charge is 0.340 e. The van der Waals surface area contributed by atoms with E-state index in [-0.39, 0.29) is 0 Å². The van der Waals surface area contributed by atoms with Gasteiger partial charge in [-0.2, -0.15) is 0 Å². The molecule has 0 N–H and O–H groups in total. The molecule has 128 valence electrons. The molecule has 1 saturated heterocycles. The molecule has 6 nitrogen and oxygen atoms in total. The molecule has 6 heteroatoms. The lowest BCUT2D eigenvalue weighted by Crippen LogP contribution is -2.37. The summed E-state index contributed by atoms with van der Waals surface area (Å²) >= 11 is 0. The summed E-state index contributed by atoms with van der Waals surface area (Å²) in [7, 11) is 2.67. The first-order valence-electron chi connectivity index (χ1n) is 8.12. The normalized spacial score (nSPS) is 25.5. The van der Waals surface area contributed by atoms with Crippen LogP contribution in [0.15, 0.2) is 22.9 Å². The number of carbonyl (C=O) groups excluding carboxylic acids is 2. The molecule has 0 saturated carbocycles. The summed E-state index contributed by atoms with van der Waals surface area (Å²) < 4.78 is 15.3. The number of hydrogen-bond acceptors (Lipinski definition) is 6. The Morgan fingerprint density at radius 1 is 1.04 bits per heavy atom. The first-order valence-corrected chi connectivity index (χ1v) is 8.12. The average molecular weight is 323 g/mol. The third-order valence-electron chi connectivity index (χ3n) is 4.21. The predicted octanol–water partition coefficient (Wildman–Crippen LogP) is 1.81. The van der Waals surface area contributed by atoms with Crippen LogP contribution in [0.2, 0.25) is 0 Å². The van der Waals surface area contributed by atoms with Gasteiger partial charge in [-0.3, -0.25) is 0 Å². The molecule has 1 heterocycles. The van der Waals surface area contributed by atoms with Crippen molar-refractivity contribution < 1.29 is 23.8 Å². The Labute approximate surface area is 137 Å². The van der Waals surface area contributed by atoms with E-state index in [2.05, 4.69) is 4.90 Å². The molecule has 0 unspecified atom stereocenters. The molecule has 2 aliphatic rings. The molecule has 0 radical (unpaired) electrons. The van der Waals surface area contributed by atoms with Crippen LogP contribution in [0.1, 0.15) is 32.1 Å². The van der Waals surface area contributed by atoms with Crippen molar-refractivity contribution in [1.29, 1.82) is 0 Å². The average Bonchev–Trinajstić information content (AvgIpc) is 2.71. The predicted molar refractivity (Wildman–Crippen MR) is 84.6 cm³/mol. The van der Waals surface area contributed by atoms with Gasteiger partial charge in [0.05, 0.1) is 38.6 Å². The topological polar surface area (TPSA) is 65.1 Å². The van der Waals surface area contributed by atoms with Crippen molar-refractivity contribution in [2.45, 2.75) is 32.1 Å². The molecule has 0 aromatic carbocycles. The van der Waals surface area contributed by atoms with E-state index in [9.17, 15) is 9.59 Å². The molecule has 0 bridgehead atoms. The third kappa shape index (κ3) is 4.34. The zero-order valence-electron chi connectivity index (χ0n) is 13.9. The fraction of sp³-hybridized carbons (Fsp3) is 0.647. The van der Waals surface area contributed by atoms with Gasteiger partial charge in [-0.05, 0) is 25.7 Å². The van der Waals surface area contributed by atoms with Crippen molar-refractivity contribution in [3.05, 3.63) is 22.9 Å². The van der Waals surface area contributed by atoms with Crippen LogP contribution in [-0.4, -0.2) is 57.4 Å². The number of morpholine rings is 1. The fourth-order valence-electron chi connectivity index (χ4n) is 3.02. The van der Waals surface area contributed by atoms with E-state index in [0.29, 0.717) is 37.4 Å². The van der Waals surface area contributed by atoms with Gasteiger partial charge >= 0.3 is 11.9 Å². The zero-order chi connectivity index (χ0) is 16.7. The Morgan fingerprint density at radius 3 is 2.39 bits per heavy atom. The highest BCUT2D eigenvalue weighted by atomic mass is 16.5. The highest BCUT2D eigenvalue weighted by molar-refractivity contribution is 6.07. The van der Waals surface area contributed by atoms with E-state index in [1.165, 1.54) is 14.2 Å². The Balaban J connectivity index is 2.51. The lowest BCUT2D eigenvalue weighted by atomic mass is 9.99. The molecule has 0 spiro atoms. The summed E-state index contributed by atoms with van der Waals surface area (Å²) in [5.41, 5.74) is 1.55. The molecule has 1 aliphatic heterocycles. The Bertz CT molecular complexity index is 503. The van der Waals surface area contributed by atoms with Gasteiger partial charge in [0, 0.05) is 18.8 Å². The van der Waals surface area contributed by atoms with Gasteiger partial charge in [-0.15, -0.1) is 0 Å². The number of ether oxygens (including phenoxy) is 3. The van der Waals surface area contributed by atoms with E-state index in [4.69, 9.17) is 14.2 Å². The van der Waals surface area contributed by atoms with Crippen LogP contribution in [0.5, 0.6) is 0 Å². The maximum Gasteiger partial charge on any atom is 0.340 e. The fourth-order valence-corrected chi connectivity index (χ4v) is 3.02. The molecule has 0 amide bonds. The zero-order valence-corrected chi connectivity index (χ0v) is 13.9. The lowest BCUT2D eigenvalue weighted by Gasteiger charge is -2.32. The minimum absolute atomic E-state index is 0.322. The number of methoxy groups -OCH3 is 2. The second-order valence-corrected chi connectivity index (χ2v) is 5.62. The summed E-state index contributed by atoms with van der Waals surface area (Å²) in [5, 5.41) is 0. The van der Waals surface area contributed by atoms with Crippen LogP contribution in [-0.2, 0) is 23.8 Å².